The van der Waals surface area contributed by atoms with Gasteiger partial charge in [-0.15, -0.1) is 13.2 Å². The van der Waals surface area contributed by atoms with E-state index in [4.69, 9.17) is 0 Å². The molecule has 46 heavy (non-hydrogen) atoms. The molecular formula is C30H30F4N6O4S2. The summed E-state index contributed by atoms with van der Waals surface area (Å²) < 4.78 is 85.5. The van der Waals surface area contributed by atoms with Crippen LogP contribution in [-0.2, 0) is 27.0 Å². The van der Waals surface area contributed by atoms with Crippen molar-refractivity contribution in [2.45, 2.75) is 62.1 Å². The predicted octanol–water partition coefficient (Wildman–Crippen LogP) is 5.26. The quantitative estimate of drug-likeness (QED) is 0.238. The first-order chi connectivity index (χ1) is 21.7. The summed E-state index contributed by atoms with van der Waals surface area (Å²) in [5.74, 6) is -0.576. The number of aromatic nitrogens is 3. The van der Waals surface area contributed by atoms with Crippen molar-refractivity contribution < 1.29 is 35.5 Å². The number of hydrogen-bond acceptors (Lipinski definition) is 9. The van der Waals surface area contributed by atoms with Crippen LogP contribution in [0.2, 0.25) is 0 Å². The number of amides is 1. The molecule has 6 rings (SSSR count). The number of halogens is 4. The maximum atomic E-state index is 14.5. The number of thiazole rings is 1. The Balaban J connectivity index is 1.24. The molecule has 2 fully saturated rings. The van der Waals surface area contributed by atoms with Crippen LogP contribution in [0.4, 0.5) is 22.7 Å². The van der Waals surface area contributed by atoms with Gasteiger partial charge in [0.1, 0.15) is 11.8 Å². The standard InChI is InChI=1S/C30H30F4N6O4S2/c1-29(2,31)27-36-16-24-25(37-27)38-28(45-24)39-13-14-40(46(42,43)22-11-7-20(8-12-22)19-5-6-19)23(17-39)26(41)35-15-18-3-9-21(10-4-18)44-30(32,33)34/h3-4,7-12,16,19,23H,5-6,13-15,17H2,1-2H3,(H,35,41)/t23-/m1/s1. The van der Waals surface area contributed by atoms with Crippen LogP contribution in [0, 0.1) is 0 Å². The van der Waals surface area contributed by atoms with E-state index in [1.165, 1.54) is 47.8 Å². The monoisotopic (exact) mass is 678 g/mol. The van der Waals surface area contributed by atoms with E-state index >= 15 is 0 Å². The van der Waals surface area contributed by atoms with Crippen LogP contribution in [0.15, 0.2) is 59.6 Å². The first-order valence-electron chi connectivity index (χ1n) is 14.5. The number of anilines is 1. The fourth-order valence-electron chi connectivity index (χ4n) is 5.17. The molecule has 0 unspecified atom stereocenters. The zero-order valence-electron chi connectivity index (χ0n) is 24.8. The summed E-state index contributed by atoms with van der Waals surface area (Å²) in [5.41, 5.74) is 0.0734. The fraction of sp³-hybridized carbons (Fsp3) is 0.400. The SMILES string of the molecule is CC(C)(F)c1ncc2sc(N3CCN(S(=O)(=O)c4ccc(C5CC5)cc4)[C@@H](C(=O)NCc4ccc(OC(F)(F)F)cc4)C3)nc2n1. The van der Waals surface area contributed by atoms with Gasteiger partial charge in [0.2, 0.25) is 15.9 Å². The zero-order chi connectivity index (χ0) is 32.9. The number of sulfonamides is 1. The Morgan fingerprint density at radius 2 is 1.72 bits per heavy atom. The number of fused-ring (bicyclic) bond motifs is 1. The van der Waals surface area contributed by atoms with E-state index < -0.39 is 39.8 Å². The number of ether oxygens (including phenoxy) is 1. The minimum Gasteiger partial charge on any atom is -0.406 e. The first kappa shape index (κ1) is 32.1. The zero-order valence-corrected chi connectivity index (χ0v) is 26.4. The minimum atomic E-state index is -4.84. The molecule has 1 aliphatic heterocycles. The third-order valence-electron chi connectivity index (χ3n) is 7.73. The van der Waals surface area contributed by atoms with Crippen LogP contribution in [0.5, 0.6) is 5.75 Å². The largest absolute Gasteiger partial charge is 0.573 e. The third kappa shape index (κ3) is 7.08. The van der Waals surface area contributed by atoms with Crippen LogP contribution in [0.25, 0.3) is 10.3 Å². The highest BCUT2D eigenvalue weighted by Gasteiger charge is 2.41. The Bertz CT molecular complexity index is 1840. The highest BCUT2D eigenvalue weighted by Crippen LogP contribution is 2.40. The molecular weight excluding hydrogens is 648 g/mol. The Morgan fingerprint density at radius 3 is 2.35 bits per heavy atom. The summed E-state index contributed by atoms with van der Waals surface area (Å²) >= 11 is 1.24. The Morgan fingerprint density at radius 1 is 1.02 bits per heavy atom. The van der Waals surface area contributed by atoms with E-state index in [2.05, 4.69) is 25.0 Å². The van der Waals surface area contributed by atoms with Crippen LogP contribution in [0.3, 0.4) is 0 Å². The molecule has 2 aromatic carbocycles. The van der Waals surface area contributed by atoms with Crippen molar-refractivity contribution in [2.24, 2.45) is 0 Å². The van der Waals surface area contributed by atoms with E-state index in [0.29, 0.717) is 27.0 Å². The van der Waals surface area contributed by atoms with Crippen molar-refractivity contribution in [3.05, 3.63) is 71.7 Å². The summed E-state index contributed by atoms with van der Waals surface area (Å²) in [4.78, 5) is 28.4. The summed E-state index contributed by atoms with van der Waals surface area (Å²) in [6.07, 6.45) is -1.21. The topological polar surface area (TPSA) is 118 Å². The second-order valence-corrected chi connectivity index (χ2v) is 14.6. The average molecular weight is 679 g/mol. The van der Waals surface area contributed by atoms with E-state index in [9.17, 15) is 30.8 Å². The van der Waals surface area contributed by atoms with Gasteiger partial charge >= 0.3 is 6.36 Å². The maximum Gasteiger partial charge on any atom is 0.573 e. The molecule has 1 saturated carbocycles. The molecule has 1 aliphatic carbocycles. The van der Waals surface area contributed by atoms with Gasteiger partial charge in [-0.05, 0) is 68.0 Å². The van der Waals surface area contributed by atoms with Crippen LogP contribution in [-0.4, -0.2) is 65.6 Å². The van der Waals surface area contributed by atoms with Crippen molar-refractivity contribution in [3.8, 4) is 5.75 Å². The molecule has 1 atom stereocenters. The van der Waals surface area contributed by atoms with E-state index in [1.807, 2.05) is 0 Å². The normalized spacial score (nSPS) is 18.1. The van der Waals surface area contributed by atoms with Crippen molar-refractivity contribution >= 4 is 42.7 Å². The van der Waals surface area contributed by atoms with Gasteiger partial charge in [-0.2, -0.15) is 9.29 Å². The number of hydrogen-bond donors (Lipinski definition) is 1. The van der Waals surface area contributed by atoms with Crippen molar-refractivity contribution in [3.63, 3.8) is 0 Å². The average Bonchev–Trinajstić information content (AvgIpc) is 3.77. The first-order valence-corrected chi connectivity index (χ1v) is 16.8. The highest BCUT2D eigenvalue weighted by atomic mass is 32.2. The van der Waals surface area contributed by atoms with Gasteiger partial charge < -0.3 is 15.0 Å². The summed E-state index contributed by atoms with van der Waals surface area (Å²) in [6.45, 7) is 2.77. The summed E-state index contributed by atoms with van der Waals surface area (Å²) in [7, 11) is -4.09. The Labute approximate surface area is 266 Å². The molecule has 2 aromatic heterocycles. The second-order valence-electron chi connectivity index (χ2n) is 11.7. The number of nitrogens with zero attached hydrogens (tertiary/aromatic N) is 5. The molecule has 0 bridgehead atoms. The molecule has 244 valence electrons. The predicted molar refractivity (Wildman–Crippen MR) is 163 cm³/mol. The lowest BCUT2D eigenvalue weighted by molar-refractivity contribution is -0.274. The lowest BCUT2D eigenvalue weighted by atomic mass is 10.1. The van der Waals surface area contributed by atoms with Crippen LogP contribution < -0.4 is 15.0 Å². The molecule has 1 amide bonds. The van der Waals surface area contributed by atoms with Crippen LogP contribution in [0.1, 0.15) is 49.6 Å². The fourth-order valence-corrected chi connectivity index (χ4v) is 7.65. The Kier molecular flexibility index (Phi) is 8.39. The number of carbonyl (C=O) groups is 1. The third-order valence-corrected chi connectivity index (χ3v) is 10.7. The van der Waals surface area contributed by atoms with Gasteiger partial charge in [0.05, 0.1) is 15.8 Å². The lowest BCUT2D eigenvalue weighted by Gasteiger charge is -2.39. The maximum absolute atomic E-state index is 14.5. The highest BCUT2D eigenvalue weighted by molar-refractivity contribution is 7.89. The van der Waals surface area contributed by atoms with Gasteiger partial charge in [0.15, 0.2) is 22.3 Å². The molecule has 0 radical (unpaired) electrons. The van der Waals surface area contributed by atoms with Crippen molar-refractivity contribution in [1.29, 1.82) is 0 Å². The lowest BCUT2D eigenvalue weighted by Crippen LogP contribution is -2.60. The molecule has 2 aliphatic rings. The molecule has 3 heterocycles. The van der Waals surface area contributed by atoms with Crippen molar-refractivity contribution in [1.82, 2.24) is 24.6 Å². The molecule has 1 N–H and O–H groups in total. The molecule has 0 spiro atoms. The summed E-state index contributed by atoms with van der Waals surface area (Å²) in [5, 5.41) is 3.20. The molecule has 16 heteroatoms. The van der Waals surface area contributed by atoms with Crippen LogP contribution >= 0.6 is 11.3 Å². The summed E-state index contributed by atoms with van der Waals surface area (Å²) in [6, 6.07) is 10.6. The van der Waals surface area contributed by atoms with Gasteiger partial charge in [-0.1, -0.05) is 35.6 Å². The van der Waals surface area contributed by atoms with Gasteiger partial charge in [-0.25, -0.2) is 22.8 Å². The van der Waals surface area contributed by atoms with E-state index in [0.717, 1.165) is 30.5 Å². The Hall–Kier alpha value is -3.89. The smallest absolute Gasteiger partial charge is 0.406 e. The van der Waals surface area contributed by atoms with Gasteiger partial charge in [0.25, 0.3) is 0 Å². The van der Waals surface area contributed by atoms with E-state index in [1.54, 1.807) is 29.2 Å². The number of rotatable bonds is 9. The number of alkyl halides is 4. The number of nitrogens with one attached hydrogen (secondary N) is 1. The second kappa shape index (κ2) is 12.0. The molecule has 4 aromatic rings. The van der Waals surface area contributed by atoms with Gasteiger partial charge in [-0.3, -0.25) is 4.79 Å². The van der Waals surface area contributed by atoms with Gasteiger partial charge in [0, 0.05) is 26.2 Å². The molecule has 1 saturated heterocycles. The minimum absolute atomic E-state index is 0.0178. The van der Waals surface area contributed by atoms with Crippen molar-refractivity contribution in [2.75, 3.05) is 24.5 Å². The number of carbonyl (C=O) groups excluding carboxylic acids is 1. The number of piperazine rings is 1. The molecule has 10 nitrogen and oxygen atoms in total. The van der Waals surface area contributed by atoms with E-state index in [-0.39, 0.29) is 36.9 Å². The number of benzene rings is 2.